The van der Waals surface area contributed by atoms with Gasteiger partial charge in [0.15, 0.2) is 0 Å². The number of carbonyl (C=O) groups excluding carboxylic acids is 3. The molecule has 1 saturated heterocycles. The van der Waals surface area contributed by atoms with Crippen LogP contribution in [0.25, 0.3) is 0 Å². The molecule has 1 saturated carbocycles. The minimum atomic E-state index is -0.501. The highest BCUT2D eigenvalue weighted by Crippen LogP contribution is 2.30. The standard InChI is InChI=1S/C17H28N2O5/c1-17(2,3)23-16(22)18-11-12-6-8-13(9-7-12)15(21)24-19-10-4-5-14(19)20/h12-13H,4-11H2,1-3H3,(H,18,22). The molecule has 1 N–H and O–H groups in total. The minimum absolute atomic E-state index is 0.112. The van der Waals surface area contributed by atoms with E-state index in [-0.39, 0.29) is 17.8 Å². The zero-order valence-electron chi connectivity index (χ0n) is 14.8. The molecule has 136 valence electrons. The van der Waals surface area contributed by atoms with E-state index in [1.165, 1.54) is 5.06 Å². The number of hydroxylamine groups is 2. The maximum absolute atomic E-state index is 12.1. The van der Waals surface area contributed by atoms with E-state index >= 15 is 0 Å². The Morgan fingerprint density at radius 1 is 1.21 bits per heavy atom. The number of hydrogen-bond donors (Lipinski definition) is 1. The highest BCUT2D eigenvalue weighted by Gasteiger charge is 2.31. The largest absolute Gasteiger partial charge is 0.444 e. The lowest BCUT2D eigenvalue weighted by Gasteiger charge is -2.28. The molecule has 0 spiro atoms. The number of alkyl carbamates (subject to hydrolysis) is 1. The molecule has 1 aliphatic heterocycles. The number of ether oxygens (including phenoxy) is 1. The lowest BCUT2D eigenvalue weighted by atomic mass is 9.82. The second kappa shape index (κ2) is 7.85. The van der Waals surface area contributed by atoms with E-state index in [1.807, 2.05) is 20.8 Å². The third kappa shape index (κ3) is 5.69. The van der Waals surface area contributed by atoms with Gasteiger partial charge in [0.1, 0.15) is 5.60 Å². The molecule has 1 heterocycles. The van der Waals surface area contributed by atoms with Crippen LogP contribution in [0, 0.1) is 11.8 Å². The van der Waals surface area contributed by atoms with E-state index in [1.54, 1.807) is 0 Å². The Kier molecular flexibility index (Phi) is 6.07. The van der Waals surface area contributed by atoms with Gasteiger partial charge in [-0.3, -0.25) is 4.79 Å². The van der Waals surface area contributed by atoms with E-state index in [9.17, 15) is 14.4 Å². The summed E-state index contributed by atoms with van der Waals surface area (Å²) >= 11 is 0. The minimum Gasteiger partial charge on any atom is -0.444 e. The van der Waals surface area contributed by atoms with Crippen LogP contribution in [0.5, 0.6) is 0 Å². The molecule has 0 radical (unpaired) electrons. The normalized spacial score (nSPS) is 24.6. The third-order valence-corrected chi connectivity index (χ3v) is 4.34. The number of nitrogens with zero attached hydrogens (tertiary/aromatic N) is 1. The first-order valence-electron chi connectivity index (χ1n) is 8.73. The first-order valence-corrected chi connectivity index (χ1v) is 8.73. The Hall–Kier alpha value is -1.79. The van der Waals surface area contributed by atoms with Crippen LogP contribution in [-0.4, -0.2) is 41.7 Å². The number of rotatable bonds is 4. The Balaban J connectivity index is 1.66. The Labute approximate surface area is 143 Å². The lowest BCUT2D eigenvalue weighted by Crippen LogP contribution is -2.37. The van der Waals surface area contributed by atoms with Gasteiger partial charge in [-0.25, -0.2) is 9.59 Å². The summed E-state index contributed by atoms with van der Waals surface area (Å²) in [5.41, 5.74) is -0.501. The van der Waals surface area contributed by atoms with Crippen molar-refractivity contribution in [3.8, 4) is 0 Å². The van der Waals surface area contributed by atoms with Gasteiger partial charge < -0.3 is 14.9 Å². The van der Waals surface area contributed by atoms with Crippen molar-refractivity contribution in [2.45, 2.75) is 64.9 Å². The van der Waals surface area contributed by atoms with Crippen LogP contribution in [0.1, 0.15) is 59.3 Å². The predicted octanol–water partition coefficient (Wildman–Crippen LogP) is 2.40. The van der Waals surface area contributed by atoms with Gasteiger partial charge in [0.25, 0.3) is 5.91 Å². The monoisotopic (exact) mass is 340 g/mol. The molecule has 0 unspecified atom stereocenters. The summed E-state index contributed by atoms with van der Waals surface area (Å²) in [5, 5.41) is 3.98. The molecule has 0 atom stereocenters. The van der Waals surface area contributed by atoms with Gasteiger partial charge in [-0.05, 0) is 58.8 Å². The summed E-state index contributed by atoms with van der Waals surface area (Å²) in [6.45, 7) is 6.54. The molecule has 24 heavy (non-hydrogen) atoms. The highest BCUT2D eigenvalue weighted by molar-refractivity contribution is 5.80. The van der Waals surface area contributed by atoms with E-state index < -0.39 is 11.7 Å². The Morgan fingerprint density at radius 2 is 1.88 bits per heavy atom. The number of nitrogens with one attached hydrogen (secondary N) is 1. The predicted molar refractivity (Wildman–Crippen MR) is 86.7 cm³/mol. The first-order chi connectivity index (χ1) is 11.2. The van der Waals surface area contributed by atoms with Crippen LogP contribution < -0.4 is 5.32 Å². The molecular formula is C17H28N2O5. The van der Waals surface area contributed by atoms with Crippen molar-refractivity contribution in [1.82, 2.24) is 10.4 Å². The molecule has 0 aromatic heterocycles. The van der Waals surface area contributed by atoms with Crippen molar-refractivity contribution >= 4 is 18.0 Å². The smallest absolute Gasteiger partial charge is 0.407 e. The summed E-state index contributed by atoms with van der Waals surface area (Å²) in [6, 6.07) is 0. The summed E-state index contributed by atoms with van der Waals surface area (Å²) in [4.78, 5) is 40.5. The molecule has 1 aliphatic carbocycles. The molecule has 0 aromatic carbocycles. The van der Waals surface area contributed by atoms with E-state index in [2.05, 4.69) is 5.32 Å². The van der Waals surface area contributed by atoms with Crippen molar-refractivity contribution in [1.29, 1.82) is 0 Å². The van der Waals surface area contributed by atoms with Crippen LogP contribution in [0.3, 0.4) is 0 Å². The number of hydrogen-bond acceptors (Lipinski definition) is 5. The maximum Gasteiger partial charge on any atom is 0.407 e. The van der Waals surface area contributed by atoms with Gasteiger partial charge >= 0.3 is 12.1 Å². The average molecular weight is 340 g/mol. The van der Waals surface area contributed by atoms with Crippen LogP contribution in [0.15, 0.2) is 0 Å². The Bertz CT molecular complexity index is 478. The second-order valence-corrected chi connectivity index (χ2v) is 7.61. The molecule has 2 aliphatic rings. The number of carbonyl (C=O) groups is 3. The fourth-order valence-corrected chi connectivity index (χ4v) is 3.05. The van der Waals surface area contributed by atoms with Gasteiger partial charge in [0.05, 0.1) is 12.5 Å². The van der Waals surface area contributed by atoms with Gasteiger partial charge in [0.2, 0.25) is 0 Å². The quantitative estimate of drug-likeness (QED) is 0.849. The topological polar surface area (TPSA) is 84.9 Å². The fraction of sp³-hybridized carbons (Fsp3) is 0.824. The van der Waals surface area contributed by atoms with Crippen LogP contribution in [0.2, 0.25) is 0 Å². The van der Waals surface area contributed by atoms with Crippen LogP contribution in [0.4, 0.5) is 4.79 Å². The summed E-state index contributed by atoms with van der Waals surface area (Å²) in [6.07, 6.45) is 3.94. The van der Waals surface area contributed by atoms with Crippen molar-refractivity contribution < 1.29 is 24.0 Å². The molecule has 7 heteroatoms. The first kappa shape index (κ1) is 18.5. The molecular weight excluding hydrogens is 312 g/mol. The zero-order chi connectivity index (χ0) is 17.7. The molecule has 7 nitrogen and oxygen atoms in total. The van der Waals surface area contributed by atoms with Crippen LogP contribution in [-0.2, 0) is 19.2 Å². The fourth-order valence-electron chi connectivity index (χ4n) is 3.05. The van der Waals surface area contributed by atoms with Gasteiger partial charge in [-0.2, -0.15) is 5.06 Å². The zero-order valence-corrected chi connectivity index (χ0v) is 14.8. The molecule has 2 amide bonds. The highest BCUT2D eigenvalue weighted by atomic mass is 16.7. The molecule has 2 rings (SSSR count). The van der Waals surface area contributed by atoms with Crippen molar-refractivity contribution in [2.75, 3.05) is 13.1 Å². The second-order valence-electron chi connectivity index (χ2n) is 7.61. The Morgan fingerprint density at radius 3 is 2.42 bits per heavy atom. The summed E-state index contributed by atoms with van der Waals surface area (Å²) in [5.74, 6) is -0.228. The SMILES string of the molecule is CC(C)(C)OC(=O)NCC1CCC(C(=O)ON2CCCC2=O)CC1. The van der Waals surface area contributed by atoms with Crippen molar-refractivity contribution in [3.05, 3.63) is 0 Å². The third-order valence-electron chi connectivity index (χ3n) is 4.34. The van der Waals surface area contributed by atoms with Gasteiger partial charge in [0, 0.05) is 13.0 Å². The van der Waals surface area contributed by atoms with E-state index in [0.29, 0.717) is 25.4 Å². The van der Waals surface area contributed by atoms with E-state index in [4.69, 9.17) is 9.57 Å². The van der Waals surface area contributed by atoms with Gasteiger partial charge in [-0.1, -0.05) is 0 Å². The molecule has 0 aromatic rings. The summed E-state index contributed by atoms with van der Waals surface area (Å²) in [7, 11) is 0. The maximum atomic E-state index is 12.1. The van der Waals surface area contributed by atoms with Crippen molar-refractivity contribution in [2.24, 2.45) is 11.8 Å². The molecule has 0 bridgehead atoms. The van der Waals surface area contributed by atoms with Crippen molar-refractivity contribution in [3.63, 3.8) is 0 Å². The van der Waals surface area contributed by atoms with Crippen LogP contribution >= 0.6 is 0 Å². The summed E-state index contributed by atoms with van der Waals surface area (Å²) < 4.78 is 5.21. The number of amides is 2. The van der Waals surface area contributed by atoms with Gasteiger partial charge in [-0.15, -0.1) is 0 Å². The molecule has 2 fully saturated rings. The average Bonchev–Trinajstić information content (AvgIpc) is 2.89. The van der Waals surface area contributed by atoms with E-state index in [0.717, 1.165) is 32.1 Å². The lowest BCUT2D eigenvalue weighted by molar-refractivity contribution is -0.197.